The molecule has 0 aliphatic heterocycles. The third-order valence-electron chi connectivity index (χ3n) is 3.05. The van der Waals surface area contributed by atoms with Gasteiger partial charge in [0.05, 0.1) is 11.7 Å². The van der Waals surface area contributed by atoms with Crippen LogP contribution in [-0.2, 0) is 4.74 Å². The topological polar surface area (TPSA) is 63.2 Å². The van der Waals surface area contributed by atoms with E-state index in [1.54, 1.807) is 32.5 Å². The standard InChI is InChI=1S/C12H17N3O2/c1-13-11-10(4-3-5-14-11)12(16)15-8-6-9(7-8)17-2/h3-5,8-9H,6-7H2,1-2H3,(H,13,14)(H,15,16). The molecular formula is C12H17N3O2. The summed E-state index contributed by atoms with van der Waals surface area (Å²) < 4.78 is 5.17. The first-order valence-electron chi connectivity index (χ1n) is 5.71. The van der Waals surface area contributed by atoms with Crippen molar-refractivity contribution in [1.29, 1.82) is 0 Å². The fourth-order valence-corrected chi connectivity index (χ4v) is 1.93. The van der Waals surface area contributed by atoms with Gasteiger partial charge in [0.25, 0.3) is 5.91 Å². The third kappa shape index (κ3) is 2.55. The lowest BCUT2D eigenvalue weighted by molar-refractivity contribution is 0.0176. The quantitative estimate of drug-likeness (QED) is 0.818. The number of amides is 1. The Bertz CT molecular complexity index is 402. The van der Waals surface area contributed by atoms with E-state index in [4.69, 9.17) is 4.74 Å². The Labute approximate surface area is 101 Å². The maximum Gasteiger partial charge on any atom is 0.255 e. The number of hydrogen-bond donors (Lipinski definition) is 2. The van der Waals surface area contributed by atoms with Gasteiger partial charge in [0, 0.05) is 26.4 Å². The van der Waals surface area contributed by atoms with Crippen LogP contribution < -0.4 is 10.6 Å². The molecule has 0 saturated heterocycles. The minimum atomic E-state index is -0.0815. The van der Waals surface area contributed by atoms with Gasteiger partial charge in [-0.25, -0.2) is 4.98 Å². The van der Waals surface area contributed by atoms with E-state index >= 15 is 0 Å². The molecule has 2 rings (SSSR count). The van der Waals surface area contributed by atoms with Crippen LogP contribution in [0.3, 0.4) is 0 Å². The van der Waals surface area contributed by atoms with E-state index in [9.17, 15) is 4.79 Å². The molecule has 2 N–H and O–H groups in total. The summed E-state index contributed by atoms with van der Waals surface area (Å²) in [5, 5.41) is 5.88. The summed E-state index contributed by atoms with van der Waals surface area (Å²) in [6.45, 7) is 0. The Hall–Kier alpha value is -1.62. The van der Waals surface area contributed by atoms with Gasteiger partial charge >= 0.3 is 0 Å². The molecule has 5 nitrogen and oxygen atoms in total. The second kappa shape index (κ2) is 5.14. The van der Waals surface area contributed by atoms with Gasteiger partial charge in [-0.1, -0.05) is 0 Å². The molecule has 1 aromatic rings. The summed E-state index contributed by atoms with van der Waals surface area (Å²) in [5.41, 5.74) is 0.580. The smallest absolute Gasteiger partial charge is 0.255 e. The van der Waals surface area contributed by atoms with Crippen LogP contribution in [0.15, 0.2) is 18.3 Å². The highest BCUT2D eigenvalue weighted by Crippen LogP contribution is 2.23. The second-order valence-electron chi connectivity index (χ2n) is 4.15. The molecular weight excluding hydrogens is 218 g/mol. The average molecular weight is 235 g/mol. The molecule has 1 saturated carbocycles. The van der Waals surface area contributed by atoms with Gasteiger partial charge in [-0.2, -0.15) is 0 Å². The van der Waals surface area contributed by atoms with Crippen molar-refractivity contribution in [3.8, 4) is 0 Å². The summed E-state index contributed by atoms with van der Waals surface area (Å²) in [4.78, 5) is 16.1. The maximum absolute atomic E-state index is 12.0. The zero-order valence-corrected chi connectivity index (χ0v) is 10.1. The highest BCUT2D eigenvalue weighted by Gasteiger charge is 2.30. The summed E-state index contributed by atoms with van der Waals surface area (Å²) >= 11 is 0. The van der Waals surface area contributed by atoms with E-state index in [1.807, 2.05) is 0 Å². The summed E-state index contributed by atoms with van der Waals surface area (Å²) in [5.74, 6) is 0.523. The van der Waals surface area contributed by atoms with Gasteiger partial charge < -0.3 is 15.4 Å². The molecule has 1 aliphatic rings. The number of rotatable bonds is 4. The molecule has 1 fully saturated rings. The number of hydrogen-bond acceptors (Lipinski definition) is 4. The average Bonchev–Trinajstić information content (AvgIpc) is 2.32. The zero-order valence-electron chi connectivity index (χ0n) is 10.1. The normalized spacial score (nSPS) is 22.7. The predicted molar refractivity (Wildman–Crippen MR) is 65.1 cm³/mol. The number of nitrogens with zero attached hydrogens (tertiary/aromatic N) is 1. The number of pyridine rings is 1. The lowest BCUT2D eigenvalue weighted by Crippen LogP contribution is -2.47. The number of carbonyl (C=O) groups excluding carboxylic acids is 1. The van der Waals surface area contributed by atoms with Crippen molar-refractivity contribution >= 4 is 11.7 Å². The van der Waals surface area contributed by atoms with Crippen molar-refractivity contribution in [2.45, 2.75) is 25.0 Å². The van der Waals surface area contributed by atoms with Gasteiger partial charge in [0.2, 0.25) is 0 Å². The van der Waals surface area contributed by atoms with Gasteiger partial charge in [-0.3, -0.25) is 4.79 Å². The molecule has 0 radical (unpaired) electrons. The van der Waals surface area contributed by atoms with Crippen LogP contribution in [-0.4, -0.2) is 37.2 Å². The van der Waals surface area contributed by atoms with Crippen LogP contribution in [0.4, 0.5) is 5.82 Å². The Morgan fingerprint density at radius 1 is 1.53 bits per heavy atom. The molecule has 0 bridgehead atoms. The monoisotopic (exact) mass is 235 g/mol. The lowest BCUT2D eigenvalue weighted by atomic mass is 9.89. The van der Waals surface area contributed by atoms with Crippen LogP contribution in [0.1, 0.15) is 23.2 Å². The number of aromatic nitrogens is 1. The van der Waals surface area contributed by atoms with Crippen molar-refractivity contribution in [3.63, 3.8) is 0 Å². The fourth-order valence-electron chi connectivity index (χ4n) is 1.93. The van der Waals surface area contributed by atoms with Gasteiger partial charge in [0.15, 0.2) is 0 Å². The zero-order chi connectivity index (χ0) is 12.3. The summed E-state index contributed by atoms with van der Waals surface area (Å²) in [6.07, 6.45) is 3.72. The molecule has 1 amide bonds. The fraction of sp³-hybridized carbons (Fsp3) is 0.500. The lowest BCUT2D eigenvalue weighted by Gasteiger charge is -2.34. The summed E-state index contributed by atoms with van der Waals surface area (Å²) in [6, 6.07) is 3.74. The second-order valence-corrected chi connectivity index (χ2v) is 4.15. The van der Waals surface area contributed by atoms with Crippen LogP contribution in [0, 0.1) is 0 Å². The van der Waals surface area contributed by atoms with Gasteiger partial charge in [-0.15, -0.1) is 0 Å². The van der Waals surface area contributed by atoms with Crippen molar-refractivity contribution in [2.24, 2.45) is 0 Å². The highest BCUT2D eigenvalue weighted by atomic mass is 16.5. The first kappa shape index (κ1) is 11.9. The van der Waals surface area contributed by atoms with Crippen LogP contribution >= 0.6 is 0 Å². The van der Waals surface area contributed by atoms with Crippen LogP contribution in [0.2, 0.25) is 0 Å². The Morgan fingerprint density at radius 2 is 2.29 bits per heavy atom. The minimum Gasteiger partial charge on any atom is -0.381 e. The van der Waals surface area contributed by atoms with Crippen LogP contribution in [0.5, 0.6) is 0 Å². The van der Waals surface area contributed by atoms with E-state index in [2.05, 4.69) is 15.6 Å². The molecule has 5 heteroatoms. The number of carbonyl (C=O) groups is 1. The molecule has 0 unspecified atom stereocenters. The molecule has 17 heavy (non-hydrogen) atoms. The van der Waals surface area contributed by atoms with Gasteiger partial charge in [0.1, 0.15) is 5.82 Å². The van der Waals surface area contributed by atoms with E-state index in [1.165, 1.54) is 0 Å². The molecule has 0 aromatic carbocycles. The van der Waals surface area contributed by atoms with Crippen molar-refractivity contribution in [1.82, 2.24) is 10.3 Å². The Kier molecular flexibility index (Phi) is 3.58. The number of nitrogens with one attached hydrogen (secondary N) is 2. The van der Waals surface area contributed by atoms with Crippen LogP contribution in [0.25, 0.3) is 0 Å². The largest absolute Gasteiger partial charge is 0.381 e. The van der Waals surface area contributed by atoms with Gasteiger partial charge in [-0.05, 0) is 25.0 Å². The predicted octanol–water partition coefficient (Wildman–Crippen LogP) is 1.03. The SMILES string of the molecule is CNc1ncccc1C(=O)NC1CC(OC)C1. The van der Waals surface area contributed by atoms with Crippen molar-refractivity contribution in [2.75, 3.05) is 19.5 Å². The van der Waals surface area contributed by atoms with E-state index in [0.717, 1.165) is 12.8 Å². The first-order valence-corrected chi connectivity index (χ1v) is 5.71. The van der Waals surface area contributed by atoms with E-state index in [0.29, 0.717) is 11.4 Å². The van der Waals surface area contributed by atoms with Crippen molar-refractivity contribution in [3.05, 3.63) is 23.9 Å². The molecule has 1 aromatic heterocycles. The maximum atomic E-state index is 12.0. The Balaban J connectivity index is 1.96. The number of anilines is 1. The molecule has 1 aliphatic carbocycles. The van der Waals surface area contributed by atoms with E-state index < -0.39 is 0 Å². The van der Waals surface area contributed by atoms with E-state index in [-0.39, 0.29) is 18.1 Å². The highest BCUT2D eigenvalue weighted by molar-refractivity contribution is 5.98. The Morgan fingerprint density at radius 3 is 2.94 bits per heavy atom. The third-order valence-corrected chi connectivity index (χ3v) is 3.05. The number of methoxy groups -OCH3 is 1. The summed E-state index contributed by atoms with van der Waals surface area (Å²) in [7, 11) is 3.45. The molecule has 92 valence electrons. The molecule has 0 atom stereocenters. The molecule has 1 heterocycles. The first-order chi connectivity index (χ1) is 8.24. The molecule has 0 spiro atoms. The van der Waals surface area contributed by atoms with Crippen molar-refractivity contribution < 1.29 is 9.53 Å². The minimum absolute atomic E-state index is 0.0815. The number of ether oxygens (including phenoxy) is 1.